The predicted octanol–water partition coefficient (Wildman–Crippen LogP) is 3.30. The van der Waals surface area contributed by atoms with Crippen molar-refractivity contribution in [2.45, 2.75) is 13.0 Å². The number of aromatic nitrogens is 6. The topological polar surface area (TPSA) is 133 Å². The van der Waals surface area contributed by atoms with E-state index in [0.29, 0.717) is 33.6 Å². The van der Waals surface area contributed by atoms with Gasteiger partial charge in [-0.25, -0.2) is 14.5 Å². The predicted molar refractivity (Wildman–Crippen MR) is 151 cm³/mol. The molecule has 0 aliphatic rings. The number of nitrogens with one attached hydrogen (secondary N) is 1. The molecule has 0 saturated carbocycles. The number of fused-ring (bicyclic) bond motifs is 2. The van der Waals surface area contributed by atoms with Crippen molar-refractivity contribution in [1.82, 2.24) is 34.4 Å². The molecule has 3 N–H and O–H groups in total. The Kier molecular flexibility index (Phi) is 6.22. The van der Waals surface area contributed by atoms with E-state index in [1.165, 1.54) is 9.08 Å². The van der Waals surface area contributed by atoms with E-state index in [2.05, 4.69) is 32.2 Å². The van der Waals surface area contributed by atoms with E-state index in [9.17, 15) is 9.59 Å². The van der Waals surface area contributed by atoms with Crippen LogP contribution in [0.5, 0.6) is 0 Å². The summed E-state index contributed by atoms with van der Waals surface area (Å²) in [4.78, 5) is 40.6. The highest BCUT2D eigenvalue weighted by Crippen LogP contribution is 2.21. The van der Waals surface area contributed by atoms with Gasteiger partial charge in [0, 0.05) is 29.7 Å². The van der Waals surface area contributed by atoms with Gasteiger partial charge in [-0.3, -0.25) is 19.1 Å². The van der Waals surface area contributed by atoms with Gasteiger partial charge < -0.3 is 11.1 Å². The number of nitrogens with zero attached hydrogens (tertiary/aromatic N) is 6. The van der Waals surface area contributed by atoms with E-state index in [1.807, 2.05) is 30.3 Å². The van der Waals surface area contributed by atoms with E-state index in [-0.39, 0.29) is 17.1 Å². The number of nitrogen functional groups attached to an aromatic ring is 1. The van der Waals surface area contributed by atoms with Gasteiger partial charge in [-0.05, 0) is 55.5 Å². The highest BCUT2D eigenvalue weighted by atomic mass is 16.2. The molecule has 1 atom stereocenters. The Labute approximate surface area is 228 Å². The smallest absolute Gasteiger partial charge is 0.274 e. The number of hydrogen-bond donors (Lipinski definition) is 2. The molecule has 4 heterocycles. The maximum absolute atomic E-state index is 14.1. The quantitative estimate of drug-likeness (QED) is 0.337. The lowest BCUT2D eigenvalue weighted by molar-refractivity contribution is 0.0931. The molecule has 0 aliphatic carbocycles. The van der Waals surface area contributed by atoms with Gasteiger partial charge in [-0.2, -0.15) is 5.10 Å². The van der Waals surface area contributed by atoms with Gasteiger partial charge in [0.25, 0.3) is 11.5 Å². The van der Waals surface area contributed by atoms with Crippen LogP contribution in [0, 0.1) is 11.8 Å². The molecule has 0 saturated heterocycles. The third kappa shape index (κ3) is 4.41. The summed E-state index contributed by atoms with van der Waals surface area (Å²) in [5.41, 5.74) is 8.69. The second-order valence-electron chi connectivity index (χ2n) is 8.97. The SMILES string of the molecule is C[C@H](NC(=O)c1c(N)nc2cccnn12)c1nc2cccc(C#Cc3ccncc3)c2c(=O)n1-c1ccccc1. The van der Waals surface area contributed by atoms with Crippen molar-refractivity contribution in [2.24, 2.45) is 0 Å². The number of rotatable bonds is 4. The van der Waals surface area contributed by atoms with Crippen molar-refractivity contribution in [3.8, 4) is 17.5 Å². The van der Waals surface area contributed by atoms with E-state index in [1.54, 1.807) is 68.0 Å². The van der Waals surface area contributed by atoms with Gasteiger partial charge in [0.1, 0.15) is 5.82 Å². The molecule has 0 unspecified atom stereocenters. The standard InChI is InChI=1S/C30H22N8O2/c1-19(34-29(39)26-27(31)36-24-11-6-16-33-38(24)26)28-35-23-10-5-7-21(13-12-20-14-17-32-18-15-20)25(23)30(40)37(28)22-8-3-2-4-9-22/h2-11,14-19H,31H2,1H3,(H,34,39)/t19-/m0/s1. The minimum Gasteiger partial charge on any atom is -0.382 e. The van der Waals surface area contributed by atoms with Crippen LogP contribution >= 0.6 is 0 Å². The molecule has 10 nitrogen and oxygen atoms in total. The maximum atomic E-state index is 14.1. The maximum Gasteiger partial charge on any atom is 0.274 e. The number of anilines is 1. The van der Waals surface area contributed by atoms with Crippen molar-refractivity contribution in [2.75, 3.05) is 5.73 Å². The first kappa shape index (κ1) is 24.5. The summed E-state index contributed by atoms with van der Waals surface area (Å²) in [6.07, 6.45) is 4.87. The molecule has 0 radical (unpaired) electrons. The Morgan fingerprint density at radius 3 is 2.52 bits per heavy atom. The van der Waals surface area contributed by atoms with Gasteiger partial charge in [0.15, 0.2) is 17.2 Å². The minimum absolute atomic E-state index is 0.0488. The first-order valence-electron chi connectivity index (χ1n) is 12.4. The zero-order valence-corrected chi connectivity index (χ0v) is 21.3. The van der Waals surface area contributed by atoms with Gasteiger partial charge in [0.05, 0.1) is 22.6 Å². The Balaban J connectivity index is 1.48. The van der Waals surface area contributed by atoms with Gasteiger partial charge in [0.2, 0.25) is 0 Å². The summed E-state index contributed by atoms with van der Waals surface area (Å²) in [5.74, 6) is 6.10. The first-order chi connectivity index (χ1) is 19.5. The van der Waals surface area contributed by atoms with Gasteiger partial charge in [-0.1, -0.05) is 36.1 Å². The number of carbonyl (C=O) groups excluding carboxylic acids is 1. The molecule has 6 aromatic rings. The molecule has 194 valence electrons. The molecule has 0 fully saturated rings. The molecule has 40 heavy (non-hydrogen) atoms. The molecule has 4 aromatic heterocycles. The summed E-state index contributed by atoms with van der Waals surface area (Å²) in [6, 6.07) is 20.8. The molecule has 0 aliphatic heterocycles. The van der Waals surface area contributed by atoms with E-state index in [4.69, 9.17) is 10.7 Å². The lowest BCUT2D eigenvalue weighted by Crippen LogP contribution is -2.34. The number of hydrogen-bond acceptors (Lipinski definition) is 7. The first-order valence-corrected chi connectivity index (χ1v) is 12.4. The average molecular weight is 527 g/mol. The summed E-state index contributed by atoms with van der Waals surface area (Å²) >= 11 is 0. The van der Waals surface area contributed by atoms with Gasteiger partial charge >= 0.3 is 0 Å². The number of imidazole rings is 1. The molecular formula is C30H22N8O2. The zero-order chi connectivity index (χ0) is 27.6. The Morgan fingerprint density at radius 2 is 1.73 bits per heavy atom. The second kappa shape index (κ2) is 10.2. The van der Waals surface area contributed by atoms with Crippen LogP contribution in [0.15, 0.2) is 96.2 Å². The van der Waals surface area contributed by atoms with E-state index >= 15 is 0 Å². The van der Waals surface area contributed by atoms with Crippen molar-refractivity contribution in [1.29, 1.82) is 0 Å². The third-order valence-electron chi connectivity index (χ3n) is 6.33. The molecule has 0 spiro atoms. The van der Waals surface area contributed by atoms with Crippen LogP contribution in [-0.2, 0) is 0 Å². The third-order valence-corrected chi connectivity index (χ3v) is 6.33. The lowest BCUT2D eigenvalue weighted by atomic mass is 10.1. The highest BCUT2D eigenvalue weighted by Gasteiger charge is 2.24. The van der Waals surface area contributed by atoms with Crippen LogP contribution in [0.1, 0.15) is 40.4 Å². The number of amides is 1. The van der Waals surface area contributed by atoms with E-state index < -0.39 is 11.9 Å². The molecule has 2 aromatic carbocycles. The number of para-hydroxylation sites is 1. The summed E-state index contributed by atoms with van der Waals surface area (Å²) < 4.78 is 2.88. The number of carbonyl (C=O) groups is 1. The Morgan fingerprint density at radius 1 is 0.925 bits per heavy atom. The van der Waals surface area contributed by atoms with Crippen LogP contribution in [-0.4, -0.2) is 35.0 Å². The molecule has 0 bridgehead atoms. The fraction of sp³-hybridized carbons (Fsp3) is 0.0667. The van der Waals surface area contributed by atoms with Crippen LogP contribution in [0.4, 0.5) is 5.82 Å². The van der Waals surface area contributed by atoms with Crippen LogP contribution in [0.25, 0.3) is 22.2 Å². The zero-order valence-electron chi connectivity index (χ0n) is 21.3. The summed E-state index contributed by atoms with van der Waals surface area (Å²) in [6.45, 7) is 1.75. The number of nitrogens with two attached hydrogens (primary N) is 1. The van der Waals surface area contributed by atoms with Crippen LogP contribution in [0.3, 0.4) is 0 Å². The average Bonchev–Trinajstić information content (AvgIpc) is 3.32. The van der Waals surface area contributed by atoms with Crippen molar-refractivity contribution in [3.05, 3.63) is 124 Å². The fourth-order valence-corrected chi connectivity index (χ4v) is 4.49. The monoisotopic (exact) mass is 526 g/mol. The van der Waals surface area contributed by atoms with Crippen LogP contribution < -0.4 is 16.6 Å². The number of benzene rings is 2. The van der Waals surface area contributed by atoms with Crippen molar-refractivity contribution >= 4 is 28.3 Å². The fourth-order valence-electron chi connectivity index (χ4n) is 4.49. The molecular weight excluding hydrogens is 504 g/mol. The van der Waals surface area contributed by atoms with Crippen LogP contribution in [0.2, 0.25) is 0 Å². The minimum atomic E-state index is -0.690. The largest absolute Gasteiger partial charge is 0.382 e. The Hall–Kier alpha value is -5.82. The highest BCUT2D eigenvalue weighted by molar-refractivity contribution is 5.98. The molecule has 6 rings (SSSR count). The summed E-state index contributed by atoms with van der Waals surface area (Å²) in [5, 5.41) is 7.50. The number of pyridine rings is 1. The van der Waals surface area contributed by atoms with E-state index in [0.717, 1.165) is 5.56 Å². The molecule has 10 heteroatoms. The molecule has 1 amide bonds. The van der Waals surface area contributed by atoms with Crippen molar-refractivity contribution < 1.29 is 4.79 Å². The summed E-state index contributed by atoms with van der Waals surface area (Å²) in [7, 11) is 0. The lowest BCUT2D eigenvalue weighted by Gasteiger charge is -2.20. The normalized spacial score (nSPS) is 11.6. The van der Waals surface area contributed by atoms with Crippen molar-refractivity contribution in [3.63, 3.8) is 0 Å². The second-order valence-corrected chi connectivity index (χ2v) is 8.97. The Bertz CT molecular complexity index is 2000. The van der Waals surface area contributed by atoms with Gasteiger partial charge in [-0.15, -0.1) is 0 Å².